The number of aromatic nitrogens is 2. The second-order valence-corrected chi connectivity index (χ2v) is 4.72. The molecule has 0 amide bonds. The van der Waals surface area contributed by atoms with Gasteiger partial charge < -0.3 is 10.1 Å². The molecule has 0 saturated carbocycles. The van der Waals surface area contributed by atoms with Crippen LogP contribution in [-0.2, 0) is 0 Å². The second-order valence-electron chi connectivity index (χ2n) is 4.72. The fraction of sp³-hybridized carbons (Fsp3) is 0.357. The van der Waals surface area contributed by atoms with Crippen LogP contribution in [0.2, 0.25) is 0 Å². The van der Waals surface area contributed by atoms with Gasteiger partial charge in [0.15, 0.2) is 5.75 Å². The zero-order valence-corrected chi connectivity index (χ0v) is 10.5. The number of hydrogen-bond acceptors (Lipinski definition) is 3. The molecule has 2 aromatic rings. The first-order chi connectivity index (χ1) is 8.81. The minimum absolute atomic E-state index is 0.459. The van der Waals surface area contributed by atoms with Gasteiger partial charge in [-0.25, -0.2) is 0 Å². The molecule has 1 aliphatic heterocycles. The molecule has 94 valence electrons. The Bertz CT molecular complexity index is 512. The van der Waals surface area contributed by atoms with Gasteiger partial charge in [0.1, 0.15) is 5.75 Å². The molecule has 4 heteroatoms. The molecule has 0 radical (unpaired) electrons. The van der Waals surface area contributed by atoms with Crippen LogP contribution in [0.25, 0.3) is 0 Å². The van der Waals surface area contributed by atoms with Crippen molar-refractivity contribution in [2.75, 3.05) is 13.1 Å². The average Bonchev–Trinajstić information content (AvgIpc) is 3.02. The van der Waals surface area contributed by atoms with Crippen LogP contribution < -0.4 is 10.1 Å². The Kier molecular flexibility index (Phi) is 3.02. The summed E-state index contributed by atoms with van der Waals surface area (Å²) in [4.78, 5) is 0. The third-order valence-corrected chi connectivity index (χ3v) is 3.24. The van der Waals surface area contributed by atoms with Crippen molar-refractivity contribution in [1.29, 1.82) is 0 Å². The lowest BCUT2D eigenvalue weighted by Gasteiger charge is -2.07. The Morgan fingerprint density at radius 3 is 2.83 bits per heavy atom. The number of ether oxygens (including phenoxy) is 1. The zero-order valence-electron chi connectivity index (χ0n) is 10.5. The first-order valence-corrected chi connectivity index (χ1v) is 6.31. The van der Waals surface area contributed by atoms with Gasteiger partial charge in [0.25, 0.3) is 0 Å². The van der Waals surface area contributed by atoms with E-state index in [0.717, 1.165) is 31.0 Å². The Balaban J connectivity index is 1.71. The van der Waals surface area contributed by atoms with Crippen LogP contribution in [0.4, 0.5) is 0 Å². The molecule has 1 N–H and O–H groups in total. The van der Waals surface area contributed by atoms with Gasteiger partial charge in [0, 0.05) is 6.54 Å². The molecule has 0 bridgehead atoms. The van der Waals surface area contributed by atoms with E-state index in [4.69, 9.17) is 4.74 Å². The number of nitrogens with zero attached hydrogens (tertiary/aromatic N) is 2. The van der Waals surface area contributed by atoms with Crippen molar-refractivity contribution in [3.63, 3.8) is 0 Å². The van der Waals surface area contributed by atoms with Crippen molar-refractivity contribution >= 4 is 0 Å². The van der Waals surface area contributed by atoms with Crippen molar-refractivity contribution in [1.82, 2.24) is 15.1 Å². The Morgan fingerprint density at radius 2 is 2.11 bits per heavy atom. The summed E-state index contributed by atoms with van der Waals surface area (Å²) in [5.74, 6) is 1.65. The number of aryl methyl sites for hydroxylation is 1. The molecule has 3 rings (SSSR count). The largest absolute Gasteiger partial charge is 0.454 e. The number of hydrogen-bond donors (Lipinski definition) is 1. The van der Waals surface area contributed by atoms with Crippen molar-refractivity contribution in [3.8, 4) is 11.5 Å². The molecule has 4 nitrogen and oxygen atoms in total. The molecular formula is C14H17N3O. The van der Waals surface area contributed by atoms with Crippen molar-refractivity contribution in [2.24, 2.45) is 0 Å². The van der Waals surface area contributed by atoms with Crippen LogP contribution in [-0.4, -0.2) is 22.9 Å². The van der Waals surface area contributed by atoms with E-state index in [-0.39, 0.29) is 0 Å². The Hall–Kier alpha value is -1.81. The van der Waals surface area contributed by atoms with Gasteiger partial charge in [-0.05, 0) is 32.0 Å². The lowest BCUT2D eigenvalue weighted by molar-refractivity contribution is 0.469. The lowest BCUT2D eigenvalue weighted by atomic mass is 10.2. The molecular weight excluding hydrogens is 226 g/mol. The summed E-state index contributed by atoms with van der Waals surface area (Å²) < 4.78 is 7.76. The van der Waals surface area contributed by atoms with Crippen LogP contribution in [0.5, 0.6) is 11.5 Å². The molecule has 0 spiro atoms. The Morgan fingerprint density at radius 1 is 1.28 bits per heavy atom. The molecule has 1 aromatic heterocycles. The van der Waals surface area contributed by atoms with Crippen LogP contribution in [0, 0.1) is 6.92 Å². The quantitative estimate of drug-likeness (QED) is 0.900. The highest BCUT2D eigenvalue weighted by atomic mass is 16.5. The fourth-order valence-electron chi connectivity index (χ4n) is 2.18. The van der Waals surface area contributed by atoms with E-state index in [9.17, 15) is 0 Å². The topological polar surface area (TPSA) is 39.1 Å². The minimum Gasteiger partial charge on any atom is -0.454 e. The molecule has 1 unspecified atom stereocenters. The molecule has 18 heavy (non-hydrogen) atoms. The molecule has 1 aliphatic rings. The van der Waals surface area contributed by atoms with Crippen molar-refractivity contribution < 1.29 is 4.74 Å². The summed E-state index contributed by atoms with van der Waals surface area (Å²) in [6, 6.07) is 8.50. The number of rotatable bonds is 3. The van der Waals surface area contributed by atoms with E-state index < -0.39 is 0 Å². The van der Waals surface area contributed by atoms with Crippen molar-refractivity contribution in [3.05, 3.63) is 42.2 Å². The summed E-state index contributed by atoms with van der Waals surface area (Å²) in [5, 5.41) is 7.70. The first kappa shape index (κ1) is 11.3. The normalized spacial score (nSPS) is 19.1. The Labute approximate surface area is 107 Å². The molecule has 2 heterocycles. The summed E-state index contributed by atoms with van der Waals surface area (Å²) in [6.07, 6.45) is 4.88. The van der Waals surface area contributed by atoms with E-state index in [0.29, 0.717) is 6.04 Å². The van der Waals surface area contributed by atoms with Gasteiger partial charge in [0.05, 0.1) is 18.4 Å². The van der Waals surface area contributed by atoms with Gasteiger partial charge in [-0.3, -0.25) is 4.68 Å². The maximum absolute atomic E-state index is 5.77. The monoisotopic (exact) mass is 243 g/mol. The van der Waals surface area contributed by atoms with Gasteiger partial charge in [-0.1, -0.05) is 17.7 Å². The highest BCUT2D eigenvalue weighted by Gasteiger charge is 2.17. The third kappa shape index (κ3) is 2.38. The van der Waals surface area contributed by atoms with Gasteiger partial charge in [-0.15, -0.1) is 0 Å². The van der Waals surface area contributed by atoms with Crippen LogP contribution in [0.1, 0.15) is 18.0 Å². The molecule has 0 aliphatic carbocycles. The van der Waals surface area contributed by atoms with Gasteiger partial charge in [0.2, 0.25) is 0 Å². The summed E-state index contributed by atoms with van der Waals surface area (Å²) >= 11 is 0. The van der Waals surface area contributed by atoms with E-state index in [1.807, 2.05) is 35.1 Å². The maximum atomic E-state index is 5.77. The standard InChI is InChI=1S/C14H17N3O/c1-11-2-4-13(5-3-11)18-14-9-16-17(10-14)12-6-7-15-8-12/h2-5,9-10,12,15H,6-8H2,1H3. The van der Waals surface area contributed by atoms with E-state index >= 15 is 0 Å². The fourth-order valence-corrected chi connectivity index (χ4v) is 2.18. The number of benzene rings is 1. The minimum atomic E-state index is 0.459. The predicted octanol–water partition coefficient (Wildman–Crippen LogP) is 2.52. The van der Waals surface area contributed by atoms with E-state index in [1.54, 1.807) is 6.20 Å². The highest BCUT2D eigenvalue weighted by molar-refractivity contribution is 5.30. The smallest absolute Gasteiger partial charge is 0.165 e. The average molecular weight is 243 g/mol. The predicted molar refractivity (Wildman–Crippen MR) is 70.0 cm³/mol. The van der Waals surface area contributed by atoms with Crippen LogP contribution >= 0.6 is 0 Å². The van der Waals surface area contributed by atoms with Gasteiger partial charge in [-0.2, -0.15) is 5.10 Å². The molecule has 1 saturated heterocycles. The third-order valence-electron chi connectivity index (χ3n) is 3.24. The summed E-state index contributed by atoms with van der Waals surface area (Å²) in [7, 11) is 0. The van der Waals surface area contributed by atoms with E-state index in [2.05, 4.69) is 17.3 Å². The molecule has 1 atom stereocenters. The van der Waals surface area contributed by atoms with E-state index in [1.165, 1.54) is 5.56 Å². The SMILES string of the molecule is Cc1ccc(Oc2cnn(C3CCNC3)c2)cc1. The highest BCUT2D eigenvalue weighted by Crippen LogP contribution is 2.23. The lowest BCUT2D eigenvalue weighted by Crippen LogP contribution is -2.13. The molecule has 1 aromatic carbocycles. The van der Waals surface area contributed by atoms with Crippen molar-refractivity contribution in [2.45, 2.75) is 19.4 Å². The summed E-state index contributed by atoms with van der Waals surface area (Å²) in [5.41, 5.74) is 1.23. The zero-order chi connectivity index (χ0) is 12.4. The van der Waals surface area contributed by atoms with Crippen LogP contribution in [0.15, 0.2) is 36.7 Å². The van der Waals surface area contributed by atoms with Gasteiger partial charge >= 0.3 is 0 Å². The second kappa shape index (κ2) is 4.82. The first-order valence-electron chi connectivity index (χ1n) is 6.31. The number of nitrogens with one attached hydrogen (secondary N) is 1. The maximum Gasteiger partial charge on any atom is 0.165 e. The van der Waals surface area contributed by atoms with Crippen LogP contribution in [0.3, 0.4) is 0 Å². The summed E-state index contributed by atoms with van der Waals surface area (Å²) in [6.45, 7) is 4.12. The molecule has 1 fully saturated rings.